The Morgan fingerprint density at radius 1 is 1.16 bits per heavy atom. The van der Waals surface area contributed by atoms with Gasteiger partial charge in [-0.15, -0.1) is 11.8 Å². The molecule has 3 aromatic rings. The van der Waals surface area contributed by atoms with Crippen molar-refractivity contribution in [2.24, 2.45) is 0 Å². The molecule has 164 valence electrons. The van der Waals surface area contributed by atoms with E-state index in [1.54, 1.807) is 0 Å². The molecule has 0 fully saturated rings. The Morgan fingerprint density at radius 3 is 2.58 bits per heavy atom. The Hall–Kier alpha value is -2.73. The van der Waals surface area contributed by atoms with Crippen LogP contribution < -0.4 is 4.74 Å². The number of rotatable bonds is 9. The van der Waals surface area contributed by atoms with Crippen LogP contribution >= 0.6 is 11.8 Å². The van der Waals surface area contributed by atoms with Crippen molar-refractivity contribution in [3.63, 3.8) is 0 Å². The van der Waals surface area contributed by atoms with Crippen LogP contribution in [-0.4, -0.2) is 28.4 Å². The number of aryl methyl sites for hydroxylation is 1. The van der Waals surface area contributed by atoms with Crippen molar-refractivity contribution in [3.05, 3.63) is 71.1 Å². The smallest absolute Gasteiger partial charge is 0.313 e. The molecule has 1 heterocycles. The minimum atomic E-state index is -0.801. The van der Waals surface area contributed by atoms with Crippen LogP contribution in [-0.2, 0) is 22.4 Å². The molecule has 2 aromatic carbocycles. The molecule has 0 atom stereocenters. The molecule has 1 N–H and O–H groups in total. The van der Waals surface area contributed by atoms with Gasteiger partial charge in [0.05, 0.1) is 18.1 Å². The lowest BCUT2D eigenvalue weighted by Crippen LogP contribution is -2.10. The fourth-order valence-corrected chi connectivity index (χ4v) is 3.84. The predicted octanol–water partition coefficient (Wildman–Crippen LogP) is 5.89. The molecule has 31 heavy (non-hydrogen) atoms. The van der Waals surface area contributed by atoms with Gasteiger partial charge in [-0.25, -0.2) is 4.98 Å². The predicted molar refractivity (Wildman–Crippen MR) is 125 cm³/mol. The van der Waals surface area contributed by atoms with Crippen LogP contribution in [0.4, 0.5) is 0 Å². The molecule has 0 aliphatic rings. The second kappa shape index (κ2) is 10.1. The molecule has 0 aliphatic carbocycles. The van der Waals surface area contributed by atoms with Gasteiger partial charge in [0.2, 0.25) is 5.89 Å². The Morgan fingerprint density at radius 2 is 1.90 bits per heavy atom. The number of thioether (sulfide) groups is 1. The number of oxazole rings is 1. The highest BCUT2D eigenvalue weighted by atomic mass is 32.2. The minimum Gasteiger partial charge on any atom is -0.493 e. The van der Waals surface area contributed by atoms with E-state index in [0.717, 1.165) is 28.3 Å². The quantitative estimate of drug-likeness (QED) is 0.448. The Bertz CT molecular complexity index is 1020. The van der Waals surface area contributed by atoms with Gasteiger partial charge in [-0.1, -0.05) is 45.0 Å². The van der Waals surface area contributed by atoms with E-state index < -0.39 is 5.97 Å². The molecule has 0 unspecified atom stereocenters. The van der Waals surface area contributed by atoms with Crippen molar-refractivity contribution in [1.82, 2.24) is 4.98 Å². The van der Waals surface area contributed by atoms with Crippen molar-refractivity contribution in [2.75, 3.05) is 12.4 Å². The SMILES string of the molecule is Cc1oc(-c2ccc(C(C)(C)C)cc2)nc1CCOc1cccc(CSCC(=O)O)c1. The van der Waals surface area contributed by atoms with E-state index in [-0.39, 0.29) is 11.2 Å². The summed E-state index contributed by atoms with van der Waals surface area (Å²) in [5.74, 6) is 2.14. The topological polar surface area (TPSA) is 72.6 Å². The average molecular weight is 440 g/mol. The van der Waals surface area contributed by atoms with Crippen LogP contribution in [0.3, 0.4) is 0 Å². The van der Waals surface area contributed by atoms with Crippen LogP contribution in [0.15, 0.2) is 52.9 Å². The lowest BCUT2D eigenvalue weighted by Gasteiger charge is -2.18. The lowest BCUT2D eigenvalue weighted by atomic mass is 9.87. The maximum absolute atomic E-state index is 10.6. The molecule has 1 aromatic heterocycles. The van der Waals surface area contributed by atoms with Gasteiger partial charge in [0.15, 0.2) is 0 Å². The van der Waals surface area contributed by atoms with E-state index >= 15 is 0 Å². The van der Waals surface area contributed by atoms with Crippen LogP contribution in [0.1, 0.15) is 43.4 Å². The first kappa shape index (κ1) is 22.9. The molecule has 0 saturated carbocycles. The largest absolute Gasteiger partial charge is 0.493 e. The highest BCUT2D eigenvalue weighted by molar-refractivity contribution is 7.99. The molecule has 0 spiro atoms. The Kier molecular flexibility index (Phi) is 7.44. The maximum Gasteiger partial charge on any atom is 0.313 e. The minimum absolute atomic E-state index is 0.0950. The van der Waals surface area contributed by atoms with Crippen molar-refractivity contribution in [3.8, 4) is 17.2 Å². The zero-order chi connectivity index (χ0) is 22.4. The zero-order valence-corrected chi connectivity index (χ0v) is 19.3. The molecule has 6 heteroatoms. The number of carbonyl (C=O) groups is 1. The van der Waals surface area contributed by atoms with Gasteiger partial charge in [0.1, 0.15) is 11.5 Å². The normalized spacial score (nSPS) is 11.5. The fourth-order valence-electron chi connectivity index (χ4n) is 3.14. The first-order valence-corrected chi connectivity index (χ1v) is 11.5. The summed E-state index contributed by atoms with van der Waals surface area (Å²) >= 11 is 1.37. The highest BCUT2D eigenvalue weighted by Gasteiger charge is 2.15. The molecule has 0 aliphatic heterocycles. The Labute approximate surface area is 187 Å². The summed E-state index contributed by atoms with van der Waals surface area (Å²) in [4.78, 5) is 15.3. The lowest BCUT2D eigenvalue weighted by molar-refractivity contribution is -0.133. The van der Waals surface area contributed by atoms with E-state index in [4.69, 9.17) is 14.3 Å². The molecule has 0 radical (unpaired) electrons. The molecule has 0 bridgehead atoms. The maximum atomic E-state index is 10.6. The zero-order valence-electron chi connectivity index (χ0n) is 18.5. The summed E-state index contributed by atoms with van der Waals surface area (Å²) < 4.78 is 11.8. The standard InChI is InChI=1S/C25H29NO4S/c1-17-22(26-24(30-17)19-8-10-20(11-9-19)25(2,3)4)12-13-29-21-7-5-6-18(14-21)15-31-16-23(27)28/h5-11,14H,12-13,15-16H2,1-4H3,(H,27,28). The van der Waals surface area contributed by atoms with Crippen LogP contribution in [0.2, 0.25) is 0 Å². The van der Waals surface area contributed by atoms with E-state index in [9.17, 15) is 4.79 Å². The molecule has 0 saturated heterocycles. The van der Waals surface area contributed by atoms with Crippen LogP contribution in [0.5, 0.6) is 5.75 Å². The van der Waals surface area contributed by atoms with Gasteiger partial charge in [0.25, 0.3) is 0 Å². The van der Waals surface area contributed by atoms with E-state index in [1.807, 2.05) is 31.2 Å². The summed E-state index contributed by atoms with van der Waals surface area (Å²) in [6.45, 7) is 9.00. The Balaban J connectivity index is 1.57. The van der Waals surface area contributed by atoms with E-state index in [0.29, 0.717) is 24.7 Å². The summed E-state index contributed by atoms with van der Waals surface area (Å²) in [5.41, 5.74) is 4.29. The fraction of sp³-hybridized carbons (Fsp3) is 0.360. The van der Waals surface area contributed by atoms with E-state index in [1.165, 1.54) is 17.3 Å². The molecular weight excluding hydrogens is 410 g/mol. The number of hydrogen-bond acceptors (Lipinski definition) is 5. The first-order chi connectivity index (χ1) is 14.7. The number of carboxylic acids is 1. The molecule has 0 amide bonds. The number of aromatic nitrogens is 1. The molecule has 3 rings (SSSR count). The van der Waals surface area contributed by atoms with Crippen molar-refractivity contribution >= 4 is 17.7 Å². The third-order valence-corrected chi connectivity index (χ3v) is 5.88. The van der Waals surface area contributed by atoms with Crippen molar-refractivity contribution in [2.45, 2.75) is 45.3 Å². The van der Waals surface area contributed by atoms with Gasteiger partial charge in [-0.05, 0) is 47.7 Å². The molecule has 5 nitrogen and oxygen atoms in total. The number of aliphatic carboxylic acids is 1. The van der Waals surface area contributed by atoms with E-state index in [2.05, 4.69) is 50.0 Å². The number of benzene rings is 2. The number of ether oxygens (including phenoxy) is 1. The number of nitrogens with zero attached hydrogens (tertiary/aromatic N) is 1. The van der Waals surface area contributed by atoms with Crippen LogP contribution in [0, 0.1) is 6.92 Å². The highest BCUT2D eigenvalue weighted by Crippen LogP contribution is 2.27. The summed E-state index contributed by atoms with van der Waals surface area (Å²) in [5, 5.41) is 8.75. The summed E-state index contributed by atoms with van der Waals surface area (Å²) in [6, 6.07) is 16.1. The second-order valence-electron chi connectivity index (χ2n) is 8.48. The van der Waals surface area contributed by atoms with Crippen LogP contribution in [0.25, 0.3) is 11.5 Å². The van der Waals surface area contributed by atoms with Crippen molar-refractivity contribution in [1.29, 1.82) is 0 Å². The van der Waals surface area contributed by atoms with Gasteiger partial charge >= 0.3 is 5.97 Å². The first-order valence-electron chi connectivity index (χ1n) is 10.3. The van der Waals surface area contributed by atoms with Gasteiger partial charge in [-0.2, -0.15) is 0 Å². The molecular formula is C25H29NO4S. The summed E-state index contributed by atoms with van der Waals surface area (Å²) in [7, 11) is 0. The number of carboxylic acid groups (broad SMARTS) is 1. The average Bonchev–Trinajstić information content (AvgIpc) is 3.08. The van der Waals surface area contributed by atoms with Gasteiger partial charge in [0, 0.05) is 17.7 Å². The van der Waals surface area contributed by atoms with Gasteiger partial charge < -0.3 is 14.3 Å². The summed E-state index contributed by atoms with van der Waals surface area (Å²) in [6.07, 6.45) is 0.646. The van der Waals surface area contributed by atoms with Crippen molar-refractivity contribution < 1.29 is 19.1 Å². The third-order valence-electron chi connectivity index (χ3n) is 4.89. The van der Waals surface area contributed by atoms with Gasteiger partial charge in [-0.3, -0.25) is 4.79 Å². The number of hydrogen-bond donors (Lipinski definition) is 1. The monoisotopic (exact) mass is 439 g/mol. The second-order valence-corrected chi connectivity index (χ2v) is 9.47. The third kappa shape index (κ3) is 6.62.